The number of fused-ring (bicyclic) bond motifs is 1. The van der Waals surface area contributed by atoms with E-state index in [9.17, 15) is 0 Å². The summed E-state index contributed by atoms with van der Waals surface area (Å²) in [6.45, 7) is 3.86. The van der Waals surface area contributed by atoms with Gasteiger partial charge < -0.3 is 9.47 Å². The molecule has 0 unspecified atom stereocenters. The highest BCUT2D eigenvalue weighted by atomic mass is 15.2. The summed E-state index contributed by atoms with van der Waals surface area (Å²) in [5.74, 6) is 0.951. The first kappa shape index (κ1) is 16.5. The van der Waals surface area contributed by atoms with Crippen molar-refractivity contribution in [2.45, 2.75) is 20.0 Å². The summed E-state index contributed by atoms with van der Waals surface area (Å²) in [5, 5.41) is 4.48. The van der Waals surface area contributed by atoms with Crippen LogP contribution in [0, 0.1) is 6.92 Å². The van der Waals surface area contributed by atoms with Crippen LogP contribution in [0.3, 0.4) is 0 Å². The van der Waals surface area contributed by atoms with E-state index in [1.165, 1.54) is 16.7 Å². The van der Waals surface area contributed by atoms with Gasteiger partial charge in [0.15, 0.2) is 0 Å². The summed E-state index contributed by atoms with van der Waals surface area (Å²) in [5.41, 5.74) is 5.96. The van der Waals surface area contributed by atoms with Crippen molar-refractivity contribution in [3.05, 3.63) is 77.9 Å². The topological polar surface area (TPSA) is 38.4 Å². The normalized spacial score (nSPS) is 11.5. The van der Waals surface area contributed by atoms with Gasteiger partial charge in [-0.2, -0.15) is 5.10 Å². The molecule has 0 aliphatic rings. The Morgan fingerprint density at radius 3 is 2.54 bits per heavy atom. The molecule has 26 heavy (non-hydrogen) atoms. The lowest BCUT2D eigenvalue weighted by molar-refractivity contribution is 0.402. The molecule has 0 bridgehead atoms. The molecular formula is C21H23N5. The highest BCUT2D eigenvalue weighted by molar-refractivity contribution is 5.78. The summed E-state index contributed by atoms with van der Waals surface area (Å²) in [7, 11) is 4.17. The summed E-state index contributed by atoms with van der Waals surface area (Å²) in [6, 6.07) is 12.9. The Labute approximate surface area is 153 Å². The van der Waals surface area contributed by atoms with Crippen LogP contribution in [-0.4, -0.2) is 38.2 Å². The van der Waals surface area contributed by atoms with Gasteiger partial charge >= 0.3 is 0 Å². The van der Waals surface area contributed by atoms with Crippen LogP contribution in [-0.2, 0) is 13.1 Å². The molecule has 1 aromatic carbocycles. The van der Waals surface area contributed by atoms with Gasteiger partial charge in [0, 0.05) is 31.7 Å². The molecule has 5 heteroatoms. The molecule has 0 spiro atoms. The van der Waals surface area contributed by atoms with Crippen molar-refractivity contribution in [1.29, 1.82) is 0 Å². The van der Waals surface area contributed by atoms with Crippen molar-refractivity contribution in [2.75, 3.05) is 14.1 Å². The predicted octanol–water partition coefficient (Wildman–Crippen LogP) is 3.62. The maximum atomic E-state index is 4.61. The molecule has 0 fully saturated rings. The molecule has 0 saturated carbocycles. The maximum absolute atomic E-state index is 4.61. The minimum absolute atomic E-state index is 0.792. The number of nitrogens with zero attached hydrogens (tertiary/aromatic N) is 5. The van der Waals surface area contributed by atoms with E-state index in [-0.39, 0.29) is 0 Å². The van der Waals surface area contributed by atoms with Crippen LogP contribution in [0.4, 0.5) is 0 Å². The van der Waals surface area contributed by atoms with Crippen LogP contribution < -0.4 is 0 Å². The third-order valence-corrected chi connectivity index (χ3v) is 4.57. The van der Waals surface area contributed by atoms with Crippen molar-refractivity contribution >= 4 is 5.52 Å². The minimum atomic E-state index is 0.792. The zero-order valence-electron chi connectivity index (χ0n) is 15.4. The second kappa shape index (κ2) is 6.77. The molecule has 5 nitrogen and oxygen atoms in total. The smallest absolute Gasteiger partial charge is 0.144 e. The Morgan fingerprint density at radius 2 is 1.77 bits per heavy atom. The first-order chi connectivity index (χ1) is 12.6. The minimum Gasteiger partial charge on any atom is -0.326 e. The van der Waals surface area contributed by atoms with E-state index in [1.807, 2.05) is 35.4 Å². The van der Waals surface area contributed by atoms with Crippen LogP contribution >= 0.6 is 0 Å². The average molecular weight is 345 g/mol. The number of pyridine rings is 1. The number of hydrogen-bond donors (Lipinski definition) is 0. The van der Waals surface area contributed by atoms with Gasteiger partial charge in [-0.1, -0.05) is 30.3 Å². The van der Waals surface area contributed by atoms with Crippen LogP contribution in [0.25, 0.3) is 16.9 Å². The van der Waals surface area contributed by atoms with E-state index in [0.717, 1.165) is 30.0 Å². The SMILES string of the molecule is Cc1cccn2ncc(-c3nccn3Cc3ccc(CN(C)C)cc3)c12. The van der Waals surface area contributed by atoms with Gasteiger partial charge in [0.25, 0.3) is 0 Å². The number of imidazole rings is 1. The fourth-order valence-electron chi connectivity index (χ4n) is 3.37. The zero-order chi connectivity index (χ0) is 18.1. The molecule has 4 rings (SSSR count). The van der Waals surface area contributed by atoms with Gasteiger partial charge in [-0.25, -0.2) is 9.50 Å². The molecule has 0 radical (unpaired) electrons. The zero-order valence-corrected chi connectivity index (χ0v) is 15.4. The summed E-state index contributed by atoms with van der Waals surface area (Å²) in [6.07, 6.45) is 7.77. The Bertz CT molecular complexity index is 1020. The number of aromatic nitrogens is 4. The quantitative estimate of drug-likeness (QED) is 0.554. The van der Waals surface area contributed by atoms with Gasteiger partial charge in [-0.05, 0) is 43.8 Å². The molecule has 0 N–H and O–H groups in total. The van der Waals surface area contributed by atoms with Gasteiger partial charge in [0.1, 0.15) is 5.82 Å². The first-order valence-electron chi connectivity index (χ1n) is 8.79. The van der Waals surface area contributed by atoms with Crippen molar-refractivity contribution in [2.24, 2.45) is 0 Å². The van der Waals surface area contributed by atoms with E-state index in [1.54, 1.807) is 0 Å². The first-order valence-corrected chi connectivity index (χ1v) is 8.79. The van der Waals surface area contributed by atoms with Crippen LogP contribution in [0.2, 0.25) is 0 Å². The molecule has 132 valence electrons. The summed E-state index contributed by atoms with van der Waals surface area (Å²) >= 11 is 0. The van der Waals surface area contributed by atoms with Crippen molar-refractivity contribution < 1.29 is 0 Å². The van der Waals surface area contributed by atoms with Crippen LogP contribution in [0.15, 0.2) is 61.2 Å². The summed E-state index contributed by atoms with van der Waals surface area (Å²) < 4.78 is 4.10. The Kier molecular flexibility index (Phi) is 4.31. The second-order valence-corrected chi connectivity index (χ2v) is 6.98. The molecule has 3 heterocycles. The van der Waals surface area contributed by atoms with Crippen LogP contribution in [0.1, 0.15) is 16.7 Å². The largest absolute Gasteiger partial charge is 0.326 e. The van der Waals surface area contributed by atoms with E-state index in [4.69, 9.17) is 0 Å². The van der Waals surface area contributed by atoms with Crippen molar-refractivity contribution in [3.8, 4) is 11.4 Å². The lowest BCUT2D eigenvalue weighted by Crippen LogP contribution is -2.10. The van der Waals surface area contributed by atoms with E-state index in [0.29, 0.717) is 0 Å². The number of hydrogen-bond acceptors (Lipinski definition) is 3. The van der Waals surface area contributed by atoms with Gasteiger partial charge in [-0.3, -0.25) is 0 Å². The van der Waals surface area contributed by atoms with Crippen molar-refractivity contribution in [3.63, 3.8) is 0 Å². The van der Waals surface area contributed by atoms with Gasteiger partial charge in [0.2, 0.25) is 0 Å². The van der Waals surface area contributed by atoms with E-state index >= 15 is 0 Å². The number of aryl methyl sites for hydroxylation is 1. The molecule has 4 aromatic rings. The van der Waals surface area contributed by atoms with Gasteiger partial charge in [0.05, 0.1) is 17.3 Å². The lowest BCUT2D eigenvalue weighted by Gasteiger charge is -2.11. The number of benzene rings is 1. The second-order valence-electron chi connectivity index (χ2n) is 6.98. The molecule has 0 atom stereocenters. The summed E-state index contributed by atoms with van der Waals surface area (Å²) in [4.78, 5) is 6.78. The molecule has 0 aliphatic heterocycles. The predicted molar refractivity (Wildman–Crippen MR) is 104 cm³/mol. The van der Waals surface area contributed by atoms with E-state index < -0.39 is 0 Å². The molecule has 0 saturated heterocycles. The standard InChI is InChI=1S/C21H23N5/c1-16-5-4-11-26-20(16)19(13-23-26)21-22-10-12-25(21)15-18-8-6-17(7-9-18)14-24(2)3/h4-13H,14-15H2,1-3H3. The van der Waals surface area contributed by atoms with Gasteiger partial charge in [-0.15, -0.1) is 0 Å². The highest BCUT2D eigenvalue weighted by Crippen LogP contribution is 2.26. The van der Waals surface area contributed by atoms with Crippen LogP contribution in [0.5, 0.6) is 0 Å². The molecular weight excluding hydrogens is 322 g/mol. The lowest BCUT2D eigenvalue weighted by atomic mass is 10.1. The fraction of sp³-hybridized carbons (Fsp3) is 0.238. The Morgan fingerprint density at radius 1 is 1.00 bits per heavy atom. The Hall–Kier alpha value is -2.92. The maximum Gasteiger partial charge on any atom is 0.144 e. The Balaban J connectivity index is 1.65. The third-order valence-electron chi connectivity index (χ3n) is 4.57. The monoisotopic (exact) mass is 345 g/mol. The molecule has 0 aliphatic carbocycles. The van der Waals surface area contributed by atoms with E-state index in [2.05, 4.69) is 70.9 Å². The fourth-order valence-corrected chi connectivity index (χ4v) is 3.37. The molecule has 0 amide bonds. The molecule has 3 aromatic heterocycles. The highest BCUT2D eigenvalue weighted by Gasteiger charge is 2.14. The average Bonchev–Trinajstić information content (AvgIpc) is 3.23. The number of rotatable bonds is 5. The third kappa shape index (κ3) is 3.13. The van der Waals surface area contributed by atoms with Crippen molar-refractivity contribution in [1.82, 2.24) is 24.1 Å².